The average molecular weight is 378 g/mol. The molecule has 0 saturated carbocycles. The minimum Gasteiger partial charge on any atom is -0.353 e. The molecule has 0 atom stereocenters. The Morgan fingerprint density at radius 1 is 1.07 bits per heavy atom. The molecule has 0 radical (unpaired) electrons. The number of carbonyl (C=O) groups excluding carboxylic acids is 1. The van der Waals surface area contributed by atoms with Gasteiger partial charge in [-0.25, -0.2) is 9.50 Å². The first-order valence-corrected chi connectivity index (χ1v) is 9.74. The van der Waals surface area contributed by atoms with E-state index in [4.69, 9.17) is 0 Å². The minimum atomic E-state index is 0.193. The molecule has 7 nitrogen and oxygen atoms in total. The van der Waals surface area contributed by atoms with Crippen LogP contribution in [0.1, 0.15) is 12.0 Å². The third kappa shape index (κ3) is 4.31. The van der Waals surface area contributed by atoms with Crippen molar-refractivity contribution in [3.63, 3.8) is 0 Å². The first kappa shape index (κ1) is 18.4. The minimum absolute atomic E-state index is 0.193. The van der Waals surface area contributed by atoms with Crippen LogP contribution in [0.25, 0.3) is 5.65 Å². The summed E-state index contributed by atoms with van der Waals surface area (Å²) in [5, 5.41) is 4.62. The summed E-state index contributed by atoms with van der Waals surface area (Å²) in [5.74, 6) is 1.17. The molecule has 1 fully saturated rings. The topological polar surface area (TPSA) is 57.0 Å². The van der Waals surface area contributed by atoms with Crippen LogP contribution in [0.2, 0.25) is 0 Å². The summed E-state index contributed by atoms with van der Waals surface area (Å²) in [5.41, 5.74) is 2.02. The van der Waals surface area contributed by atoms with Gasteiger partial charge in [0.05, 0.1) is 0 Å². The van der Waals surface area contributed by atoms with E-state index in [0.717, 1.165) is 49.8 Å². The van der Waals surface area contributed by atoms with Crippen LogP contribution in [-0.2, 0) is 11.3 Å². The summed E-state index contributed by atoms with van der Waals surface area (Å²) in [6.07, 6.45) is 4.19. The summed E-state index contributed by atoms with van der Waals surface area (Å²) in [7, 11) is 1.88. The number of hydrogen-bond acceptors (Lipinski definition) is 5. The standard InChI is InChI=1S/C21H26N6O/c1-24(17-18-5-3-2-4-6-18)21(28)9-11-25-13-15-26(16-14-25)20-8-7-19-22-10-12-27(19)23-20/h2-8,10,12H,9,11,13-17H2,1H3. The lowest BCUT2D eigenvalue weighted by Gasteiger charge is -2.35. The number of hydrogen-bond donors (Lipinski definition) is 0. The normalized spacial score (nSPS) is 15.1. The number of rotatable bonds is 6. The molecule has 1 aromatic carbocycles. The maximum atomic E-state index is 12.4. The number of nitrogens with zero attached hydrogens (tertiary/aromatic N) is 6. The summed E-state index contributed by atoms with van der Waals surface area (Å²) in [6, 6.07) is 14.1. The van der Waals surface area contributed by atoms with Gasteiger partial charge in [0.2, 0.25) is 5.91 Å². The number of fused-ring (bicyclic) bond motifs is 1. The average Bonchev–Trinajstić information content (AvgIpc) is 3.21. The van der Waals surface area contributed by atoms with Gasteiger partial charge in [-0.15, -0.1) is 5.10 Å². The number of aromatic nitrogens is 3. The Bertz CT molecular complexity index is 917. The van der Waals surface area contributed by atoms with E-state index < -0.39 is 0 Å². The Hall–Kier alpha value is -2.93. The van der Waals surface area contributed by atoms with Gasteiger partial charge < -0.3 is 9.80 Å². The predicted molar refractivity (Wildman–Crippen MR) is 109 cm³/mol. The molecule has 0 unspecified atom stereocenters. The number of benzene rings is 1. The quantitative estimate of drug-likeness (QED) is 0.656. The van der Waals surface area contributed by atoms with Crippen LogP contribution in [0, 0.1) is 0 Å². The highest BCUT2D eigenvalue weighted by Crippen LogP contribution is 2.14. The lowest BCUT2D eigenvalue weighted by molar-refractivity contribution is -0.130. The zero-order valence-corrected chi connectivity index (χ0v) is 16.2. The zero-order valence-electron chi connectivity index (χ0n) is 16.2. The lowest BCUT2D eigenvalue weighted by Crippen LogP contribution is -2.47. The first-order valence-electron chi connectivity index (χ1n) is 9.74. The fourth-order valence-corrected chi connectivity index (χ4v) is 3.56. The molecule has 2 aromatic heterocycles. The Kier molecular flexibility index (Phi) is 5.53. The van der Waals surface area contributed by atoms with Crippen LogP contribution in [0.3, 0.4) is 0 Å². The highest BCUT2D eigenvalue weighted by atomic mass is 16.2. The molecule has 1 amide bonds. The number of piperazine rings is 1. The van der Waals surface area contributed by atoms with Gasteiger partial charge in [-0.05, 0) is 17.7 Å². The molecule has 0 spiro atoms. The maximum Gasteiger partial charge on any atom is 0.223 e. The summed E-state index contributed by atoms with van der Waals surface area (Å²) >= 11 is 0. The molecule has 1 aliphatic rings. The second-order valence-electron chi connectivity index (χ2n) is 7.24. The van der Waals surface area contributed by atoms with Crippen molar-refractivity contribution in [2.45, 2.75) is 13.0 Å². The van der Waals surface area contributed by atoms with E-state index in [1.165, 1.54) is 0 Å². The van der Waals surface area contributed by atoms with Gasteiger partial charge in [-0.2, -0.15) is 0 Å². The molecular formula is C21H26N6O. The Morgan fingerprint density at radius 3 is 2.64 bits per heavy atom. The summed E-state index contributed by atoms with van der Waals surface area (Å²) in [6.45, 7) is 5.19. The van der Waals surface area contributed by atoms with Crippen molar-refractivity contribution in [1.29, 1.82) is 0 Å². The van der Waals surface area contributed by atoms with Gasteiger partial charge in [0.25, 0.3) is 0 Å². The fraction of sp³-hybridized carbons (Fsp3) is 0.381. The van der Waals surface area contributed by atoms with Crippen molar-refractivity contribution in [1.82, 2.24) is 24.4 Å². The van der Waals surface area contributed by atoms with E-state index in [9.17, 15) is 4.79 Å². The van der Waals surface area contributed by atoms with E-state index >= 15 is 0 Å². The smallest absolute Gasteiger partial charge is 0.223 e. The molecular weight excluding hydrogens is 352 g/mol. The van der Waals surface area contributed by atoms with Crippen LogP contribution in [-0.4, -0.2) is 70.1 Å². The van der Waals surface area contributed by atoms with Crippen LogP contribution in [0.15, 0.2) is 54.9 Å². The third-order valence-corrected chi connectivity index (χ3v) is 5.27. The molecule has 0 bridgehead atoms. The molecule has 28 heavy (non-hydrogen) atoms. The molecule has 1 aliphatic heterocycles. The van der Waals surface area contributed by atoms with Crippen LogP contribution in [0.4, 0.5) is 5.82 Å². The van der Waals surface area contributed by atoms with Gasteiger partial charge >= 0.3 is 0 Å². The van der Waals surface area contributed by atoms with Crippen LogP contribution in [0.5, 0.6) is 0 Å². The highest BCUT2D eigenvalue weighted by molar-refractivity contribution is 5.76. The van der Waals surface area contributed by atoms with Gasteiger partial charge in [-0.1, -0.05) is 30.3 Å². The molecule has 3 aromatic rings. The van der Waals surface area contributed by atoms with E-state index in [1.54, 1.807) is 6.20 Å². The third-order valence-electron chi connectivity index (χ3n) is 5.27. The molecule has 4 rings (SSSR count). The van der Waals surface area contributed by atoms with Crippen molar-refractivity contribution < 1.29 is 4.79 Å². The number of anilines is 1. The van der Waals surface area contributed by atoms with E-state index in [1.807, 2.05) is 53.0 Å². The number of imidazole rings is 1. The molecule has 0 aliphatic carbocycles. The lowest BCUT2D eigenvalue weighted by atomic mass is 10.2. The van der Waals surface area contributed by atoms with Crippen molar-refractivity contribution in [3.05, 3.63) is 60.4 Å². The van der Waals surface area contributed by atoms with Crippen molar-refractivity contribution in [2.24, 2.45) is 0 Å². The zero-order chi connectivity index (χ0) is 19.3. The molecule has 7 heteroatoms. The SMILES string of the molecule is CN(Cc1ccccc1)C(=O)CCN1CCN(c2ccc3nccn3n2)CC1. The first-order chi connectivity index (χ1) is 13.7. The van der Waals surface area contributed by atoms with Crippen molar-refractivity contribution >= 4 is 17.4 Å². The van der Waals surface area contributed by atoms with Crippen molar-refractivity contribution in [3.8, 4) is 0 Å². The Labute approximate surface area is 165 Å². The largest absolute Gasteiger partial charge is 0.353 e. The Balaban J connectivity index is 1.23. The molecule has 1 saturated heterocycles. The van der Waals surface area contributed by atoms with Gasteiger partial charge in [0, 0.05) is 65.1 Å². The second-order valence-corrected chi connectivity index (χ2v) is 7.24. The van der Waals surface area contributed by atoms with E-state index in [-0.39, 0.29) is 5.91 Å². The van der Waals surface area contributed by atoms with E-state index in [0.29, 0.717) is 13.0 Å². The molecule has 0 N–H and O–H groups in total. The van der Waals surface area contributed by atoms with E-state index in [2.05, 4.69) is 32.0 Å². The second kappa shape index (κ2) is 8.39. The number of carbonyl (C=O) groups is 1. The number of amides is 1. The highest BCUT2D eigenvalue weighted by Gasteiger charge is 2.19. The summed E-state index contributed by atoms with van der Waals surface area (Å²) < 4.78 is 1.81. The van der Waals surface area contributed by atoms with Crippen LogP contribution >= 0.6 is 0 Å². The van der Waals surface area contributed by atoms with Crippen LogP contribution < -0.4 is 4.90 Å². The predicted octanol–water partition coefficient (Wildman–Crippen LogP) is 1.90. The summed E-state index contributed by atoms with van der Waals surface area (Å²) in [4.78, 5) is 23.1. The van der Waals surface area contributed by atoms with Crippen molar-refractivity contribution in [2.75, 3.05) is 44.7 Å². The fourth-order valence-electron chi connectivity index (χ4n) is 3.56. The monoisotopic (exact) mass is 378 g/mol. The maximum absolute atomic E-state index is 12.4. The van der Waals surface area contributed by atoms with Gasteiger partial charge in [0.1, 0.15) is 5.82 Å². The molecule has 3 heterocycles. The molecule has 146 valence electrons. The Morgan fingerprint density at radius 2 is 1.86 bits per heavy atom. The van der Waals surface area contributed by atoms with Gasteiger partial charge in [-0.3, -0.25) is 9.69 Å². The van der Waals surface area contributed by atoms with Gasteiger partial charge in [0.15, 0.2) is 5.65 Å².